The summed E-state index contributed by atoms with van der Waals surface area (Å²) in [5.74, 6) is 1.05. The molecule has 3 N–H and O–H groups in total. The van der Waals surface area contributed by atoms with E-state index in [0.717, 1.165) is 11.3 Å². The maximum Gasteiger partial charge on any atom is 0.405 e. The molecule has 33 heavy (non-hydrogen) atoms. The van der Waals surface area contributed by atoms with E-state index in [-0.39, 0.29) is 12.5 Å². The van der Waals surface area contributed by atoms with Crippen LogP contribution in [-0.4, -0.2) is 38.3 Å². The molecule has 1 unspecified atom stereocenters. The number of amides is 1. The Morgan fingerprint density at radius 3 is 2.76 bits per heavy atom. The number of hydrogen-bond acceptors (Lipinski definition) is 8. The van der Waals surface area contributed by atoms with Crippen molar-refractivity contribution in [2.24, 2.45) is 5.92 Å². The molecule has 0 aliphatic rings. The molecule has 2 aromatic heterocycles. The molecule has 1 aromatic carbocycles. The molecule has 0 saturated carbocycles. The SMILES string of the molecule is Cc1csc(Nc2nccc(-c3ccc(OCC(C)(CC(C)C)NC(=O)O)c(C#N)c3)n2)n1. The van der Waals surface area contributed by atoms with Crippen LogP contribution in [0.15, 0.2) is 35.8 Å². The van der Waals surface area contributed by atoms with Crippen molar-refractivity contribution in [3.05, 3.63) is 47.1 Å². The molecule has 172 valence electrons. The summed E-state index contributed by atoms with van der Waals surface area (Å²) in [5.41, 5.74) is 1.83. The van der Waals surface area contributed by atoms with Gasteiger partial charge in [0.25, 0.3) is 0 Å². The highest BCUT2D eigenvalue weighted by atomic mass is 32.1. The number of nitriles is 1. The Morgan fingerprint density at radius 2 is 2.12 bits per heavy atom. The molecule has 9 nitrogen and oxygen atoms in total. The number of nitrogens with one attached hydrogen (secondary N) is 2. The average molecular weight is 467 g/mol. The van der Waals surface area contributed by atoms with E-state index >= 15 is 0 Å². The Balaban J connectivity index is 1.79. The second-order valence-electron chi connectivity index (χ2n) is 8.38. The van der Waals surface area contributed by atoms with Crippen molar-refractivity contribution in [1.82, 2.24) is 20.3 Å². The first-order valence-electron chi connectivity index (χ1n) is 10.4. The fourth-order valence-electron chi connectivity index (χ4n) is 3.53. The molecular formula is C23H26N6O3S. The quantitative estimate of drug-likeness (QED) is 0.402. The minimum Gasteiger partial charge on any atom is -0.490 e. The molecule has 0 radical (unpaired) electrons. The van der Waals surface area contributed by atoms with Gasteiger partial charge in [-0.2, -0.15) is 5.26 Å². The van der Waals surface area contributed by atoms with Crippen LogP contribution >= 0.6 is 11.3 Å². The number of rotatable bonds is 9. The van der Waals surface area contributed by atoms with E-state index in [0.29, 0.717) is 34.5 Å². The summed E-state index contributed by atoms with van der Waals surface area (Å²) in [6, 6.07) is 9.11. The fourth-order valence-corrected chi connectivity index (χ4v) is 4.21. The van der Waals surface area contributed by atoms with Gasteiger partial charge in [-0.05, 0) is 50.5 Å². The lowest BCUT2D eigenvalue weighted by Crippen LogP contribution is -2.50. The predicted octanol–water partition coefficient (Wildman–Crippen LogP) is 4.98. The Hall–Kier alpha value is -3.71. The first-order chi connectivity index (χ1) is 15.7. The van der Waals surface area contributed by atoms with E-state index in [1.807, 2.05) is 26.2 Å². The summed E-state index contributed by atoms with van der Waals surface area (Å²) in [7, 11) is 0. The van der Waals surface area contributed by atoms with Crippen molar-refractivity contribution in [3.63, 3.8) is 0 Å². The molecule has 10 heteroatoms. The van der Waals surface area contributed by atoms with Crippen molar-refractivity contribution in [3.8, 4) is 23.1 Å². The van der Waals surface area contributed by atoms with Gasteiger partial charge in [0.05, 0.1) is 22.5 Å². The predicted molar refractivity (Wildman–Crippen MR) is 127 cm³/mol. The molecule has 1 amide bonds. The third kappa shape index (κ3) is 6.63. The van der Waals surface area contributed by atoms with Gasteiger partial charge >= 0.3 is 6.09 Å². The van der Waals surface area contributed by atoms with Crippen LogP contribution in [0.3, 0.4) is 0 Å². The van der Waals surface area contributed by atoms with Gasteiger partial charge in [-0.1, -0.05) is 13.8 Å². The number of thiazole rings is 1. The van der Waals surface area contributed by atoms with Crippen LogP contribution < -0.4 is 15.4 Å². The molecule has 0 saturated heterocycles. The molecule has 3 aromatic rings. The smallest absolute Gasteiger partial charge is 0.405 e. The molecule has 1 atom stereocenters. The molecule has 0 spiro atoms. The summed E-state index contributed by atoms with van der Waals surface area (Å²) < 4.78 is 5.89. The summed E-state index contributed by atoms with van der Waals surface area (Å²) >= 11 is 1.46. The van der Waals surface area contributed by atoms with Gasteiger partial charge in [0.2, 0.25) is 5.95 Å². The van der Waals surface area contributed by atoms with Crippen molar-refractivity contribution in [1.29, 1.82) is 5.26 Å². The lowest BCUT2D eigenvalue weighted by molar-refractivity contribution is 0.143. The highest BCUT2D eigenvalue weighted by Gasteiger charge is 2.29. The third-order valence-corrected chi connectivity index (χ3v) is 5.58. The minimum absolute atomic E-state index is 0.0975. The topological polar surface area (TPSA) is 133 Å². The molecule has 0 aliphatic heterocycles. The highest BCUT2D eigenvalue weighted by molar-refractivity contribution is 7.13. The maximum atomic E-state index is 11.2. The van der Waals surface area contributed by atoms with E-state index in [1.165, 1.54) is 11.3 Å². The summed E-state index contributed by atoms with van der Waals surface area (Å²) in [5, 5.41) is 27.1. The molecule has 0 bridgehead atoms. The summed E-state index contributed by atoms with van der Waals surface area (Å²) in [6.45, 7) is 7.83. The molecule has 3 rings (SSSR count). The molecule has 2 heterocycles. The number of anilines is 2. The average Bonchev–Trinajstić information content (AvgIpc) is 3.15. The zero-order chi connectivity index (χ0) is 24.0. The Kier molecular flexibility index (Phi) is 7.45. The normalized spacial score (nSPS) is 12.6. The lowest BCUT2D eigenvalue weighted by atomic mass is 9.91. The molecule has 0 aliphatic carbocycles. The molecular weight excluding hydrogens is 440 g/mol. The van der Waals surface area contributed by atoms with Gasteiger partial charge in [0.15, 0.2) is 5.13 Å². The Labute approximate surface area is 196 Å². The van der Waals surface area contributed by atoms with Gasteiger partial charge < -0.3 is 20.5 Å². The van der Waals surface area contributed by atoms with Gasteiger partial charge in [-0.15, -0.1) is 11.3 Å². The van der Waals surface area contributed by atoms with Crippen molar-refractivity contribution in [2.75, 3.05) is 11.9 Å². The highest BCUT2D eigenvalue weighted by Crippen LogP contribution is 2.28. The maximum absolute atomic E-state index is 11.2. The number of nitrogens with zero attached hydrogens (tertiary/aromatic N) is 4. The van der Waals surface area contributed by atoms with Crippen LogP contribution in [0.4, 0.5) is 15.9 Å². The van der Waals surface area contributed by atoms with Crippen LogP contribution in [0.25, 0.3) is 11.3 Å². The van der Waals surface area contributed by atoms with Crippen LogP contribution in [0.1, 0.15) is 38.4 Å². The number of hydrogen-bond donors (Lipinski definition) is 3. The van der Waals surface area contributed by atoms with Crippen molar-refractivity contribution >= 4 is 28.5 Å². The van der Waals surface area contributed by atoms with Gasteiger partial charge in [-0.25, -0.2) is 19.7 Å². The first kappa shape index (κ1) is 23.9. The first-order valence-corrected chi connectivity index (χ1v) is 11.3. The lowest BCUT2D eigenvalue weighted by Gasteiger charge is -2.31. The zero-order valence-corrected chi connectivity index (χ0v) is 19.7. The number of carboxylic acid groups (broad SMARTS) is 1. The van der Waals surface area contributed by atoms with Gasteiger partial charge in [-0.3, -0.25) is 0 Å². The third-order valence-electron chi connectivity index (χ3n) is 4.70. The van der Waals surface area contributed by atoms with Crippen molar-refractivity contribution in [2.45, 2.75) is 39.7 Å². The standard InChI is InChI=1S/C23H26N6O3S/c1-14(2)10-23(4,29-22(30)31)13-32-19-6-5-16(9-17(19)11-24)18-7-8-25-20(27-18)28-21-26-15(3)12-33-21/h5-9,12,14,29H,10,13H2,1-4H3,(H,30,31)(H,25,26,27,28). The number of ether oxygens (including phenoxy) is 1. The monoisotopic (exact) mass is 466 g/mol. The van der Waals surface area contributed by atoms with E-state index in [1.54, 1.807) is 37.4 Å². The van der Waals surface area contributed by atoms with Crippen LogP contribution in [0.5, 0.6) is 5.75 Å². The summed E-state index contributed by atoms with van der Waals surface area (Å²) in [6.07, 6.45) is 1.11. The summed E-state index contributed by atoms with van der Waals surface area (Å²) in [4.78, 5) is 24.3. The zero-order valence-electron chi connectivity index (χ0n) is 18.9. The van der Waals surface area contributed by atoms with E-state index < -0.39 is 11.6 Å². The number of benzene rings is 1. The number of carbonyl (C=O) groups is 1. The molecule has 0 fully saturated rings. The van der Waals surface area contributed by atoms with E-state index in [9.17, 15) is 15.2 Å². The van der Waals surface area contributed by atoms with Crippen molar-refractivity contribution < 1.29 is 14.6 Å². The minimum atomic E-state index is -1.11. The second-order valence-corrected chi connectivity index (χ2v) is 9.24. The Morgan fingerprint density at radius 1 is 1.33 bits per heavy atom. The van der Waals surface area contributed by atoms with E-state index in [2.05, 4.69) is 31.7 Å². The van der Waals surface area contributed by atoms with Gasteiger partial charge in [0.1, 0.15) is 18.4 Å². The Bertz CT molecular complexity index is 1170. The van der Waals surface area contributed by atoms with Crippen LogP contribution in [0, 0.1) is 24.2 Å². The van der Waals surface area contributed by atoms with Gasteiger partial charge in [0, 0.05) is 17.1 Å². The van der Waals surface area contributed by atoms with Crippen LogP contribution in [0.2, 0.25) is 0 Å². The van der Waals surface area contributed by atoms with Crippen LogP contribution in [-0.2, 0) is 0 Å². The van der Waals surface area contributed by atoms with E-state index in [4.69, 9.17) is 4.74 Å². The number of aryl methyl sites for hydroxylation is 1. The largest absolute Gasteiger partial charge is 0.490 e. The number of aromatic nitrogens is 3. The second kappa shape index (κ2) is 10.3. The fraction of sp³-hybridized carbons (Fsp3) is 0.348.